The maximum absolute atomic E-state index is 12.4. The Kier molecular flexibility index (Phi) is 4.27. The van der Waals surface area contributed by atoms with E-state index in [2.05, 4.69) is 0 Å². The summed E-state index contributed by atoms with van der Waals surface area (Å²) in [7, 11) is -3.72. The fourth-order valence-corrected chi connectivity index (χ4v) is 3.90. The van der Waals surface area contributed by atoms with Crippen molar-refractivity contribution in [2.24, 2.45) is 5.14 Å². The Morgan fingerprint density at radius 3 is 2.79 bits per heavy atom. The van der Waals surface area contributed by atoms with Crippen molar-refractivity contribution >= 4 is 27.3 Å². The van der Waals surface area contributed by atoms with Crippen molar-refractivity contribution in [3.63, 3.8) is 0 Å². The molecule has 2 heterocycles. The Bertz CT molecular complexity index is 565. The molecule has 2 rings (SSSR count). The van der Waals surface area contributed by atoms with Crippen LogP contribution in [0.1, 0.15) is 43.0 Å². The molecule has 1 aromatic rings. The molecule has 0 spiro atoms. The number of nitrogens with two attached hydrogens (primary N) is 1. The quantitative estimate of drug-likeness (QED) is 0.904. The average molecular weight is 302 g/mol. The van der Waals surface area contributed by atoms with Crippen molar-refractivity contribution in [1.29, 1.82) is 0 Å². The molecule has 7 heteroatoms. The Labute approximate surface area is 117 Å². The molecule has 1 aliphatic rings. The maximum atomic E-state index is 12.4. The highest BCUT2D eigenvalue weighted by Crippen LogP contribution is 2.23. The second-order valence-electron chi connectivity index (χ2n) is 4.90. The average Bonchev–Trinajstić information content (AvgIpc) is 2.73. The van der Waals surface area contributed by atoms with Crippen LogP contribution in [0, 0.1) is 0 Å². The first-order chi connectivity index (χ1) is 8.89. The van der Waals surface area contributed by atoms with Gasteiger partial charge in [-0.15, -0.1) is 11.3 Å². The van der Waals surface area contributed by atoms with Gasteiger partial charge in [0.2, 0.25) is 10.0 Å². The third kappa shape index (κ3) is 3.34. The lowest BCUT2D eigenvalue weighted by molar-refractivity contribution is 0.0698. The molecule has 0 aromatic carbocycles. The standard InChI is InChI=1S/C12H18N2O3S2/c1-9-5-3-2-4-6-14(9)12(15)10-7-11(18-8-10)19(13,16)17/h7-9H,2-6H2,1H3,(H2,13,16,17). The molecule has 0 radical (unpaired) electrons. The summed E-state index contributed by atoms with van der Waals surface area (Å²) < 4.78 is 22.5. The Morgan fingerprint density at radius 2 is 2.16 bits per heavy atom. The molecule has 1 aliphatic heterocycles. The Balaban J connectivity index is 2.21. The number of thiophene rings is 1. The molecule has 1 atom stereocenters. The van der Waals surface area contributed by atoms with Crippen LogP contribution in [0.3, 0.4) is 0 Å². The summed E-state index contributed by atoms with van der Waals surface area (Å²) >= 11 is 0.995. The second kappa shape index (κ2) is 5.60. The molecule has 2 N–H and O–H groups in total. The van der Waals surface area contributed by atoms with Crippen molar-refractivity contribution in [2.45, 2.75) is 42.9 Å². The summed E-state index contributed by atoms with van der Waals surface area (Å²) in [5.41, 5.74) is 0.419. The summed E-state index contributed by atoms with van der Waals surface area (Å²) in [5.74, 6) is -0.0967. The number of primary sulfonamides is 1. The van der Waals surface area contributed by atoms with E-state index in [0.29, 0.717) is 5.56 Å². The lowest BCUT2D eigenvalue weighted by Gasteiger charge is -2.26. The summed E-state index contributed by atoms with van der Waals surface area (Å²) in [4.78, 5) is 14.2. The molecular weight excluding hydrogens is 284 g/mol. The summed E-state index contributed by atoms with van der Waals surface area (Å²) in [6.45, 7) is 2.77. The van der Waals surface area contributed by atoms with E-state index in [1.165, 1.54) is 6.07 Å². The monoisotopic (exact) mass is 302 g/mol. The third-order valence-corrected chi connectivity index (χ3v) is 5.80. The SMILES string of the molecule is CC1CCCCCN1C(=O)c1csc(S(N)(=O)=O)c1. The highest BCUT2D eigenvalue weighted by atomic mass is 32.2. The Hall–Kier alpha value is -0.920. The number of carbonyl (C=O) groups excluding carboxylic acids is 1. The Morgan fingerprint density at radius 1 is 1.42 bits per heavy atom. The van der Waals surface area contributed by atoms with Gasteiger partial charge in [0.1, 0.15) is 4.21 Å². The van der Waals surface area contributed by atoms with Gasteiger partial charge in [-0.3, -0.25) is 4.79 Å². The molecule has 1 aromatic heterocycles. The van der Waals surface area contributed by atoms with Gasteiger partial charge in [-0.25, -0.2) is 13.6 Å². The normalized spacial score (nSPS) is 21.2. The van der Waals surface area contributed by atoms with E-state index in [0.717, 1.165) is 43.6 Å². The van der Waals surface area contributed by atoms with Crippen LogP contribution < -0.4 is 5.14 Å². The first-order valence-corrected chi connectivity index (χ1v) is 8.74. The van der Waals surface area contributed by atoms with Gasteiger partial charge in [0, 0.05) is 18.0 Å². The second-order valence-corrected chi connectivity index (χ2v) is 7.60. The lowest BCUT2D eigenvalue weighted by atomic mass is 10.1. The topological polar surface area (TPSA) is 80.5 Å². The number of rotatable bonds is 2. The van der Waals surface area contributed by atoms with Crippen molar-refractivity contribution in [1.82, 2.24) is 4.90 Å². The molecule has 106 valence electrons. The smallest absolute Gasteiger partial charge is 0.254 e. The van der Waals surface area contributed by atoms with Gasteiger partial charge in [-0.1, -0.05) is 12.8 Å². The van der Waals surface area contributed by atoms with Crippen LogP contribution in [0.15, 0.2) is 15.7 Å². The van der Waals surface area contributed by atoms with Gasteiger partial charge in [0.05, 0.1) is 5.56 Å². The number of likely N-dealkylation sites (tertiary alicyclic amines) is 1. The molecular formula is C12H18N2O3S2. The van der Waals surface area contributed by atoms with Gasteiger partial charge >= 0.3 is 0 Å². The molecule has 1 fully saturated rings. The number of carbonyl (C=O) groups is 1. The number of hydrogen-bond acceptors (Lipinski definition) is 4. The van der Waals surface area contributed by atoms with E-state index in [1.54, 1.807) is 5.38 Å². The van der Waals surface area contributed by atoms with Crippen molar-refractivity contribution in [2.75, 3.05) is 6.54 Å². The van der Waals surface area contributed by atoms with Gasteiger partial charge in [-0.05, 0) is 25.8 Å². The van der Waals surface area contributed by atoms with Crippen molar-refractivity contribution in [3.05, 3.63) is 17.0 Å². The van der Waals surface area contributed by atoms with Crippen LogP contribution >= 0.6 is 11.3 Å². The van der Waals surface area contributed by atoms with Crippen LogP contribution in [-0.4, -0.2) is 31.8 Å². The summed E-state index contributed by atoms with van der Waals surface area (Å²) in [6, 6.07) is 1.58. The summed E-state index contributed by atoms with van der Waals surface area (Å²) in [5, 5.41) is 6.63. The van der Waals surface area contributed by atoms with E-state index in [-0.39, 0.29) is 16.2 Å². The van der Waals surface area contributed by atoms with Gasteiger partial charge in [0.25, 0.3) is 5.91 Å². The summed E-state index contributed by atoms with van der Waals surface area (Å²) in [6.07, 6.45) is 4.28. The van der Waals surface area contributed by atoms with Gasteiger partial charge in [-0.2, -0.15) is 0 Å². The van der Waals surface area contributed by atoms with Crippen molar-refractivity contribution < 1.29 is 13.2 Å². The van der Waals surface area contributed by atoms with Crippen LogP contribution in [0.2, 0.25) is 0 Å². The van der Waals surface area contributed by atoms with Crippen LogP contribution in [0.5, 0.6) is 0 Å². The van der Waals surface area contributed by atoms with Crippen LogP contribution in [0.25, 0.3) is 0 Å². The fourth-order valence-electron chi connectivity index (χ4n) is 2.32. The van der Waals surface area contributed by atoms with Gasteiger partial charge in [0.15, 0.2) is 0 Å². The molecule has 1 amide bonds. The zero-order chi connectivity index (χ0) is 14.0. The molecule has 0 bridgehead atoms. The number of hydrogen-bond donors (Lipinski definition) is 1. The lowest BCUT2D eigenvalue weighted by Crippen LogP contribution is -2.38. The highest BCUT2D eigenvalue weighted by molar-refractivity contribution is 7.91. The molecule has 5 nitrogen and oxygen atoms in total. The minimum atomic E-state index is -3.72. The molecule has 0 aliphatic carbocycles. The largest absolute Gasteiger partial charge is 0.336 e. The fraction of sp³-hybridized carbons (Fsp3) is 0.583. The first-order valence-electron chi connectivity index (χ1n) is 6.32. The number of amides is 1. The van der Waals surface area contributed by atoms with Crippen LogP contribution in [-0.2, 0) is 10.0 Å². The predicted molar refractivity (Wildman–Crippen MR) is 74.7 cm³/mol. The predicted octanol–water partition coefficient (Wildman–Crippen LogP) is 1.80. The molecule has 19 heavy (non-hydrogen) atoms. The molecule has 1 unspecified atom stereocenters. The molecule has 1 saturated heterocycles. The highest BCUT2D eigenvalue weighted by Gasteiger charge is 2.24. The van der Waals surface area contributed by atoms with Crippen molar-refractivity contribution in [3.8, 4) is 0 Å². The van der Waals surface area contributed by atoms with Crippen LogP contribution in [0.4, 0.5) is 0 Å². The van der Waals surface area contributed by atoms with E-state index >= 15 is 0 Å². The number of nitrogens with zero attached hydrogens (tertiary/aromatic N) is 1. The minimum Gasteiger partial charge on any atom is -0.336 e. The van der Waals surface area contributed by atoms with E-state index < -0.39 is 10.0 Å². The van der Waals surface area contributed by atoms with Gasteiger partial charge < -0.3 is 4.90 Å². The first kappa shape index (κ1) is 14.5. The van der Waals surface area contributed by atoms with E-state index in [1.807, 2.05) is 11.8 Å². The maximum Gasteiger partial charge on any atom is 0.254 e. The van der Waals surface area contributed by atoms with E-state index in [9.17, 15) is 13.2 Å². The molecule has 0 saturated carbocycles. The number of sulfonamides is 1. The zero-order valence-corrected chi connectivity index (χ0v) is 12.5. The minimum absolute atomic E-state index is 0.0401. The zero-order valence-electron chi connectivity index (χ0n) is 10.8. The van der Waals surface area contributed by atoms with E-state index in [4.69, 9.17) is 5.14 Å². The third-order valence-electron chi connectivity index (χ3n) is 3.42.